The summed E-state index contributed by atoms with van der Waals surface area (Å²) >= 11 is 0. The standard InChI is InChI=1S/C19H37NO3/c1-15(2)7-11-22-18-13-19(14-18)23-17-5-8-20(9-6-17)10-12-21-16(3)4/h15-19H,5-14H2,1-4H3. The highest BCUT2D eigenvalue weighted by molar-refractivity contribution is 4.83. The summed E-state index contributed by atoms with van der Waals surface area (Å²) in [7, 11) is 0. The van der Waals surface area contributed by atoms with Crippen molar-refractivity contribution in [2.45, 2.75) is 84.2 Å². The molecule has 0 amide bonds. The monoisotopic (exact) mass is 327 g/mol. The van der Waals surface area contributed by atoms with Crippen LogP contribution >= 0.6 is 0 Å². The first-order chi connectivity index (χ1) is 11.0. The molecule has 1 saturated heterocycles. The highest BCUT2D eigenvalue weighted by Crippen LogP contribution is 2.29. The summed E-state index contributed by atoms with van der Waals surface area (Å²) in [5, 5.41) is 0. The van der Waals surface area contributed by atoms with Gasteiger partial charge in [-0.05, 0) is 51.9 Å². The van der Waals surface area contributed by atoms with Gasteiger partial charge in [0.25, 0.3) is 0 Å². The molecule has 0 aromatic heterocycles. The van der Waals surface area contributed by atoms with E-state index in [4.69, 9.17) is 14.2 Å². The third-order valence-electron chi connectivity index (χ3n) is 4.88. The summed E-state index contributed by atoms with van der Waals surface area (Å²) < 4.78 is 17.8. The highest BCUT2D eigenvalue weighted by Gasteiger charge is 2.33. The van der Waals surface area contributed by atoms with Crippen LogP contribution in [0.15, 0.2) is 0 Å². The first-order valence-electron chi connectivity index (χ1n) is 9.64. The van der Waals surface area contributed by atoms with Crippen LogP contribution in [0.5, 0.6) is 0 Å². The van der Waals surface area contributed by atoms with Gasteiger partial charge in [-0.15, -0.1) is 0 Å². The number of ether oxygens (including phenoxy) is 3. The number of hydrogen-bond acceptors (Lipinski definition) is 4. The summed E-state index contributed by atoms with van der Waals surface area (Å²) in [5.74, 6) is 0.734. The van der Waals surface area contributed by atoms with Gasteiger partial charge in [-0.2, -0.15) is 0 Å². The molecular formula is C19H37NO3. The van der Waals surface area contributed by atoms with Crippen LogP contribution in [0, 0.1) is 5.92 Å². The van der Waals surface area contributed by atoms with Crippen molar-refractivity contribution in [3.8, 4) is 0 Å². The smallest absolute Gasteiger partial charge is 0.0628 e. The Balaban J connectivity index is 1.48. The Morgan fingerprint density at radius 2 is 1.61 bits per heavy atom. The molecule has 1 saturated carbocycles. The van der Waals surface area contributed by atoms with E-state index in [0.29, 0.717) is 24.4 Å². The fraction of sp³-hybridized carbons (Fsp3) is 1.00. The van der Waals surface area contributed by atoms with Crippen molar-refractivity contribution in [3.63, 3.8) is 0 Å². The SMILES string of the molecule is CC(C)CCOC1CC(OC2CCN(CCOC(C)C)CC2)C1. The largest absolute Gasteiger partial charge is 0.378 e. The van der Waals surface area contributed by atoms with Crippen molar-refractivity contribution in [1.29, 1.82) is 0 Å². The molecule has 23 heavy (non-hydrogen) atoms. The van der Waals surface area contributed by atoms with Gasteiger partial charge in [-0.25, -0.2) is 0 Å². The Hall–Kier alpha value is -0.160. The molecule has 136 valence electrons. The van der Waals surface area contributed by atoms with Crippen LogP contribution in [0.25, 0.3) is 0 Å². The zero-order chi connectivity index (χ0) is 16.7. The predicted molar refractivity (Wildman–Crippen MR) is 93.9 cm³/mol. The zero-order valence-corrected chi connectivity index (χ0v) is 15.6. The molecule has 4 nitrogen and oxygen atoms in total. The molecule has 0 N–H and O–H groups in total. The maximum absolute atomic E-state index is 6.24. The van der Waals surface area contributed by atoms with Gasteiger partial charge in [0.1, 0.15) is 0 Å². The van der Waals surface area contributed by atoms with Crippen molar-refractivity contribution in [2.75, 3.05) is 32.8 Å². The molecule has 0 radical (unpaired) electrons. The van der Waals surface area contributed by atoms with Crippen molar-refractivity contribution in [2.24, 2.45) is 5.92 Å². The van der Waals surface area contributed by atoms with Crippen LogP contribution < -0.4 is 0 Å². The molecule has 1 aliphatic heterocycles. The van der Waals surface area contributed by atoms with Crippen molar-refractivity contribution in [3.05, 3.63) is 0 Å². The normalized spacial score (nSPS) is 26.9. The molecule has 2 fully saturated rings. The van der Waals surface area contributed by atoms with E-state index in [0.717, 1.165) is 64.4 Å². The molecule has 0 bridgehead atoms. The van der Waals surface area contributed by atoms with Crippen LogP contribution in [-0.2, 0) is 14.2 Å². The van der Waals surface area contributed by atoms with Gasteiger partial charge in [0.05, 0.1) is 31.0 Å². The minimum absolute atomic E-state index is 0.338. The molecule has 0 aromatic rings. The fourth-order valence-electron chi connectivity index (χ4n) is 3.19. The maximum Gasteiger partial charge on any atom is 0.0628 e. The topological polar surface area (TPSA) is 30.9 Å². The van der Waals surface area contributed by atoms with E-state index in [1.807, 2.05) is 0 Å². The highest BCUT2D eigenvalue weighted by atomic mass is 16.5. The summed E-state index contributed by atoms with van der Waals surface area (Å²) in [6, 6.07) is 0. The van der Waals surface area contributed by atoms with Gasteiger partial charge in [0.2, 0.25) is 0 Å². The van der Waals surface area contributed by atoms with Gasteiger partial charge in [-0.1, -0.05) is 13.8 Å². The van der Waals surface area contributed by atoms with E-state index < -0.39 is 0 Å². The van der Waals surface area contributed by atoms with Crippen molar-refractivity contribution in [1.82, 2.24) is 4.90 Å². The molecule has 0 atom stereocenters. The minimum atomic E-state index is 0.338. The second-order valence-corrected chi connectivity index (χ2v) is 7.87. The van der Waals surface area contributed by atoms with Gasteiger partial charge in [0.15, 0.2) is 0 Å². The number of nitrogens with zero attached hydrogens (tertiary/aromatic N) is 1. The quantitative estimate of drug-likeness (QED) is 0.614. The first kappa shape index (κ1) is 19.2. The number of hydrogen-bond donors (Lipinski definition) is 0. The van der Waals surface area contributed by atoms with Crippen molar-refractivity contribution >= 4 is 0 Å². The Bertz CT molecular complexity index is 308. The number of likely N-dealkylation sites (tertiary alicyclic amines) is 1. The molecule has 2 rings (SSSR count). The van der Waals surface area contributed by atoms with Crippen LogP contribution in [-0.4, -0.2) is 62.2 Å². The lowest BCUT2D eigenvalue weighted by atomic mass is 9.91. The molecule has 0 spiro atoms. The second-order valence-electron chi connectivity index (χ2n) is 7.87. The second kappa shape index (κ2) is 9.97. The zero-order valence-electron chi connectivity index (χ0n) is 15.6. The van der Waals surface area contributed by atoms with Crippen LogP contribution in [0.1, 0.15) is 59.8 Å². The van der Waals surface area contributed by atoms with E-state index >= 15 is 0 Å². The van der Waals surface area contributed by atoms with Gasteiger partial charge in [0, 0.05) is 26.2 Å². The summed E-state index contributed by atoms with van der Waals surface area (Å²) in [6.07, 6.45) is 7.38. The molecular weight excluding hydrogens is 290 g/mol. The van der Waals surface area contributed by atoms with E-state index in [-0.39, 0.29) is 0 Å². The molecule has 1 heterocycles. The number of piperidine rings is 1. The molecule has 4 heteroatoms. The van der Waals surface area contributed by atoms with E-state index in [1.54, 1.807) is 0 Å². The fourth-order valence-corrected chi connectivity index (χ4v) is 3.19. The lowest BCUT2D eigenvalue weighted by molar-refractivity contribution is -0.136. The third kappa shape index (κ3) is 7.51. The van der Waals surface area contributed by atoms with Gasteiger partial charge >= 0.3 is 0 Å². The Labute approximate surface area is 142 Å². The minimum Gasteiger partial charge on any atom is -0.378 e. The van der Waals surface area contributed by atoms with E-state index in [9.17, 15) is 0 Å². The lowest BCUT2D eigenvalue weighted by Gasteiger charge is -2.40. The molecule has 1 aliphatic carbocycles. The van der Waals surface area contributed by atoms with Crippen LogP contribution in [0.2, 0.25) is 0 Å². The Morgan fingerprint density at radius 3 is 2.22 bits per heavy atom. The van der Waals surface area contributed by atoms with Crippen LogP contribution in [0.3, 0.4) is 0 Å². The maximum atomic E-state index is 6.24. The average molecular weight is 328 g/mol. The van der Waals surface area contributed by atoms with E-state index in [2.05, 4.69) is 32.6 Å². The predicted octanol–water partition coefficient (Wildman–Crippen LogP) is 3.49. The lowest BCUT2D eigenvalue weighted by Crippen LogP contribution is -2.44. The molecule has 0 unspecified atom stereocenters. The summed E-state index contributed by atoms with van der Waals surface area (Å²) in [6.45, 7) is 13.8. The number of rotatable bonds is 10. The van der Waals surface area contributed by atoms with E-state index in [1.165, 1.54) is 6.42 Å². The van der Waals surface area contributed by atoms with Gasteiger partial charge < -0.3 is 19.1 Å². The van der Waals surface area contributed by atoms with Crippen molar-refractivity contribution < 1.29 is 14.2 Å². The molecule has 0 aromatic carbocycles. The Kier molecular flexibility index (Phi) is 8.31. The molecule has 2 aliphatic rings. The average Bonchev–Trinajstić information content (AvgIpc) is 2.45. The summed E-state index contributed by atoms with van der Waals surface area (Å²) in [5.41, 5.74) is 0. The van der Waals surface area contributed by atoms with Crippen LogP contribution in [0.4, 0.5) is 0 Å². The van der Waals surface area contributed by atoms with Gasteiger partial charge in [-0.3, -0.25) is 0 Å². The Morgan fingerprint density at radius 1 is 0.913 bits per heavy atom. The third-order valence-corrected chi connectivity index (χ3v) is 4.88. The first-order valence-corrected chi connectivity index (χ1v) is 9.64. The summed E-state index contributed by atoms with van der Waals surface area (Å²) in [4.78, 5) is 2.50.